The lowest BCUT2D eigenvalue weighted by atomic mass is 9.80. The van der Waals surface area contributed by atoms with Crippen LogP contribution in [-0.2, 0) is 11.8 Å². The summed E-state index contributed by atoms with van der Waals surface area (Å²) in [6.07, 6.45) is 25.0. The van der Waals surface area contributed by atoms with Crippen LogP contribution in [0.4, 0.5) is 0 Å². The number of allylic oxidation sites excluding steroid dienone is 10. The summed E-state index contributed by atoms with van der Waals surface area (Å²) >= 11 is 0. The first-order valence-corrected chi connectivity index (χ1v) is 19.1. The van der Waals surface area contributed by atoms with Crippen molar-refractivity contribution in [3.05, 3.63) is 184 Å². The van der Waals surface area contributed by atoms with Crippen molar-refractivity contribution in [1.29, 1.82) is 0 Å². The second-order valence-electron chi connectivity index (χ2n) is 15.5. The Morgan fingerprint density at radius 2 is 1.23 bits per heavy atom. The first kappa shape index (κ1) is 31.1. The van der Waals surface area contributed by atoms with Crippen LogP contribution in [0, 0.1) is 0 Å². The second kappa shape index (κ2) is 12.2. The number of para-hydroxylation sites is 2. The van der Waals surface area contributed by atoms with Crippen molar-refractivity contribution in [1.82, 2.24) is 4.57 Å². The first-order valence-electron chi connectivity index (χ1n) is 19.1. The molecule has 1 heterocycles. The standard InChI is InChI=1S/C51H43N/c1-51(2)47-32-40(37-20-17-34(18-21-37)15-16-35-19-22-36-9-3-4-10-39(36)31-35)25-29-43(47)44-30-26-41(33-48(44)51)38-23-27-42(28-24-38)52-49-13-7-5-11-45(49)46-12-6-8-14-50(46)52/h3,5-9,11-17,19-20,22-23,25-27,29-33H,4,10,18,21,24,28H2,1-2H3/b16-15+. The van der Waals surface area contributed by atoms with Gasteiger partial charge in [-0.25, -0.2) is 0 Å². The van der Waals surface area contributed by atoms with Crippen molar-refractivity contribution in [3.8, 4) is 11.1 Å². The number of hydrogen-bond donors (Lipinski definition) is 0. The number of hydrogen-bond acceptors (Lipinski definition) is 0. The largest absolute Gasteiger partial charge is 0.313 e. The van der Waals surface area contributed by atoms with E-state index in [1.807, 2.05) is 0 Å². The number of benzene rings is 5. The molecule has 0 bridgehead atoms. The van der Waals surface area contributed by atoms with Crippen LogP contribution in [-0.4, -0.2) is 4.57 Å². The van der Waals surface area contributed by atoms with Gasteiger partial charge in [0.25, 0.3) is 0 Å². The molecule has 4 aliphatic carbocycles. The molecule has 5 aromatic carbocycles. The van der Waals surface area contributed by atoms with Gasteiger partial charge in [0.2, 0.25) is 0 Å². The molecule has 0 fully saturated rings. The lowest BCUT2D eigenvalue weighted by Gasteiger charge is -2.24. The second-order valence-corrected chi connectivity index (χ2v) is 15.5. The van der Waals surface area contributed by atoms with Crippen LogP contribution in [0.5, 0.6) is 0 Å². The van der Waals surface area contributed by atoms with Crippen molar-refractivity contribution in [2.45, 2.75) is 57.8 Å². The van der Waals surface area contributed by atoms with Crippen molar-refractivity contribution in [2.75, 3.05) is 0 Å². The average Bonchev–Trinajstić information content (AvgIpc) is 3.65. The molecule has 0 saturated carbocycles. The molecule has 0 aliphatic heterocycles. The van der Waals surface area contributed by atoms with E-state index in [1.54, 1.807) is 0 Å². The highest BCUT2D eigenvalue weighted by atomic mass is 15.0. The highest BCUT2D eigenvalue weighted by Gasteiger charge is 2.36. The van der Waals surface area contributed by atoms with Gasteiger partial charge in [-0.2, -0.15) is 0 Å². The third kappa shape index (κ3) is 5.14. The van der Waals surface area contributed by atoms with Gasteiger partial charge in [-0.05, 0) is 136 Å². The molecular formula is C51H43N. The Bertz CT molecular complexity index is 2590. The molecule has 0 unspecified atom stereocenters. The molecule has 0 radical (unpaired) electrons. The van der Waals surface area contributed by atoms with Crippen LogP contribution in [0.25, 0.3) is 61.9 Å². The van der Waals surface area contributed by atoms with Gasteiger partial charge in [-0.3, -0.25) is 0 Å². The van der Waals surface area contributed by atoms with E-state index < -0.39 is 0 Å². The van der Waals surface area contributed by atoms with Crippen molar-refractivity contribution < 1.29 is 0 Å². The Labute approximate surface area is 307 Å². The van der Waals surface area contributed by atoms with E-state index in [-0.39, 0.29) is 5.41 Å². The molecule has 1 nitrogen and oxygen atoms in total. The lowest BCUT2D eigenvalue weighted by Crippen LogP contribution is -2.15. The zero-order valence-corrected chi connectivity index (χ0v) is 30.1. The molecule has 0 N–H and O–H groups in total. The summed E-state index contributed by atoms with van der Waals surface area (Å²) in [5, 5.41) is 2.65. The summed E-state index contributed by atoms with van der Waals surface area (Å²) in [6.45, 7) is 4.83. The molecule has 0 amide bonds. The van der Waals surface area contributed by atoms with Gasteiger partial charge < -0.3 is 4.57 Å². The van der Waals surface area contributed by atoms with Crippen molar-refractivity contribution in [3.63, 3.8) is 0 Å². The molecular weight excluding hydrogens is 627 g/mol. The van der Waals surface area contributed by atoms with Gasteiger partial charge in [0, 0.05) is 21.9 Å². The van der Waals surface area contributed by atoms with Crippen LogP contribution in [0.2, 0.25) is 0 Å². The van der Waals surface area contributed by atoms with E-state index in [1.165, 1.54) is 94.3 Å². The highest BCUT2D eigenvalue weighted by molar-refractivity contribution is 6.10. The zero-order chi connectivity index (χ0) is 34.8. The van der Waals surface area contributed by atoms with E-state index in [9.17, 15) is 0 Å². The molecule has 0 saturated heterocycles. The Kier molecular flexibility index (Phi) is 7.32. The summed E-state index contributed by atoms with van der Waals surface area (Å²) in [5.74, 6) is 0. The predicted molar refractivity (Wildman–Crippen MR) is 223 cm³/mol. The number of aromatic nitrogens is 1. The molecule has 1 heteroatoms. The van der Waals surface area contributed by atoms with E-state index in [4.69, 9.17) is 0 Å². The maximum Gasteiger partial charge on any atom is 0.0537 e. The molecule has 52 heavy (non-hydrogen) atoms. The van der Waals surface area contributed by atoms with Gasteiger partial charge in [-0.1, -0.05) is 135 Å². The summed E-state index contributed by atoms with van der Waals surface area (Å²) in [4.78, 5) is 0. The fourth-order valence-corrected chi connectivity index (χ4v) is 9.22. The molecule has 6 aromatic rings. The van der Waals surface area contributed by atoms with Crippen LogP contribution >= 0.6 is 0 Å². The smallest absolute Gasteiger partial charge is 0.0537 e. The fraction of sp³-hybridized carbons (Fsp3) is 0.176. The lowest BCUT2D eigenvalue weighted by molar-refractivity contribution is 0.660. The number of nitrogens with zero attached hydrogens (tertiary/aromatic N) is 1. The third-order valence-electron chi connectivity index (χ3n) is 12.1. The van der Waals surface area contributed by atoms with Crippen molar-refractivity contribution in [2.24, 2.45) is 0 Å². The van der Waals surface area contributed by atoms with Crippen LogP contribution < -0.4 is 0 Å². The van der Waals surface area contributed by atoms with Gasteiger partial charge in [-0.15, -0.1) is 0 Å². The summed E-state index contributed by atoms with van der Waals surface area (Å²) in [5.41, 5.74) is 20.7. The predicted octanol–water partition coefficient (Wildman–Crippen LogP) is 13.6. The SMILES string of the molecule is CC1(C)c2cc(C3=CC=C(/C=C/c4ccc5c(c4)CCC=C5)CC3)ccc2-c2ccc(C3=CC=C(n4c5ccccc5c5ccccc54)CC3)cc21. The number of fused-ring (bicyclic) bond motifs is 7. The molecule has 252 valence electrons. The minimum Gasteiger partial charge on any atom is -0.313 e. The number of aryl methyl sites for hydroxylation is 1. The first-order chi connectivity index (χ1) is 25.5. The maximum atomic E-state index is 2.49. The van der Waals surface area contributed by atoms with Crippen LogP contribution in [0.15, 0.2) is 145 Å². The van der Waals surface area contributed by atoms with Gasteiger partial charge in [0.15, 0.2) is 0 Å². The number of rotatable bonds is 5. The Morgan fingerprint density at radius 3 is 1.87 bits per heavy atom. The van der Waals surface area contributed by atoms with E-state index in [0.29, 0.717) is 0 Å². The summed E-state index contributed by atoms with van der Waals surface area (Å²) in [7, 11) is 0. The summed E-state index contributed by atoms with van der Waals surface area (Å²) in [6, 6.07) is 38.9. The monoisotopic (exact) mass is 669 g/mol. The molecule has 10 rings (SSSR count). The van der Waals surface area contributed by atoms with Gasteiger partial charge in [0.1, 0.15) is 0 Å². The molecule has 0 spiro atoms. The van der Waals surface area contributed by atoms with E-state index in [2.05, 4.69) is 170 Å². The Hall–Kier alpha value is -5.66. The average molecular weight is 670 g/mol. The minimum absolute atomic E-state index is 0.0560. The summed E-state index contributed by atoms with van der Waals surface area (Å²) < 4.78 is 2.47. The van der Waals surface area contributed by atoms with Crippen LogP contribution in [0.3, 0.4) is 0 Å². The molecule has 1 aromatic heterocycles. The fourth-order valence-electron chi connectivity index (χ4n) is 9.22. The van der Waals surface area contributed by atoms with Gasteiger partial charge >= 0.3 is 0 Å². The topological polar surface area (TPSA) is 4.93 Å². The minimum atomic E-state index is -0.0560. The van der Waals surface area contributed by atoms with E-state index in [0.717, 1.165) is 38.5 Å². The normalized spacial score (nSPS) is 17.4. The van der Waals surface area contributed by atoms with Gasteiger partial charge in [0.05, 0.1) is 11.0 Å². The zero-order valence-electron chi connectivity index (χ0n) is 30.1. The highest BCUT2D eigenvalue weighted by Crippen LogP contribution is 2.50. The van der Waals surface area contributed by atoms with Crippen molar-refractivity contribution >= 4 is 50.8 Å². The Balaban J connectivity index is 0.906. The van der Waals surface area contributed by atoms with E-state index >= 15 is 0 Å². The maximum absolute atomic E-state index is 2.49. The van der Waals surface area contributed by atoms with Crippen LogP contribution in [0.1, 0.15) is 84.9 Å². The Morgan fingerprint density at radius 1 is 0.577 bits per heavy atom. The molecule has 4 aliphatic rings. The third-order valence-corrected chi connectivity index (χ3v) is 12.1. The molecule has 0 atom stereocenters. The quantitative estimate of drug-likeness (QED) is 0.172.